The summed E-state index contributed by atoms with van der Waals surface area (Å²) in [4.78, 5) is 12.0. The first-order chi connectivity index (χ1) is 13.3. The van der Waals surface area contributed by atoms with Gasteiger partial charge in [0.25, 0.3) is 0 Å². The molecule has 152 valence electrons. The van der Waals surface area contributed by atoms with E-state index in [1.54, 1.807) is 12.1 Å². The molecule has 0 bridgehead atoms. The summed E-state index contributed by atoms with van der Waals surface area (Å²) in [7, 11) is 4.47. The van der Waals surface area contributed by atoms with Crippen molar-refractivity contribution in [3.8, 4) is 17.2 Å². The Labute approximate surface area is 160 Å². The smallest absolute Gasteiger partial charge is 0.418 e. The SMILES string of the molecule is COc1cc(CCNC(=O)Nc2ccccc2C(F)(F)F)cc(OC)c1OC. The monoisotopic (exact) mass is 398 g/mol. The van der Waals surface area contributed by atoms with Gasteiger partial charge in [0.1, 0.15) is 0 Å². The maximum atomic E-state index is 13.0. The van der Waals surface area contributed by atoms with Gasteiger partial charge in [0.05, 0.1) is 32.6 Å². The Morgan fingerprint density at radius 1 is 1.00 bits per heavy atom. The van der Waals surface area contributed by atoms with Gasteiger partial charge in [0, 0.05) is 6.54 Å². The number of rotatable bonds is 7. The van der Waals surface area contributed by atoms with Crippen LogP contribution in [0.3, 0.4) is 0 Å². The van der Waals surface area contributed by atoms with Gasteiger partial charge >= 0.3 is 12.2 Å². The number of amides is 2. The number of hydrogen-bond donors (Lipinski definition) is 2. The molecule has 0 saturated carbocycles. The standard InChI is InChI=1S/C19H21F3N2O4/c1-26-15-10-12(11-16(27-2)17(15)28-3)8-9-23-18(25)24-14-7-5-4-6-13(14)19(20,21)22/h4-7,10-11H,8-9H2,1-3H3,(H2,23,24,25). The number of para-hydroxylation sites is 1. The van der Waals surface area contributed by atoms with Crippen molar-refractivity contribution in [1.29, 1.82) is 0 Å². The Bertz CT molecular complexity index is 800. The largest absolute Gasteiger partial charge is 0.493 e. The van der Waals surface area contributed by atoms with Crippen LogP contribution in [0, 0.1) is 0 Å². The zero-order valence-electron chi connectivity index (χ0n) is 15.6. The number of urea groups is 1. The second-order valence-corrected chi connectivity index (χ2v) is 5.71. The van der Waals surface area contributed by atoms with Gasteiger partial charge in [-0.3, -0.25) is 0 Å². The first-order valence-corrected chi connectivity index (χ1v) is 8.30. The second-order valence-electron chi connectivity index (χ2n) is 5.71. The van der Waals surface area contributed by atoms with Gasteiger partial charge in [0.2, 0.25) is 5.75 Å². The molecule has 0 aliphatic heterocycles. The molecule has 0 aromatic heterocycles. The highest BCUT2D eigenvalue weighted by atomic mass is 19.4. The minimum atomic E-state index is -4.56. The lowest BCUT2D eigenvalue weighted by Gasteiger charge is -2.15. The molecule has 28 heavy (non-hydrogen) atoms. The van der Waals surface area contributed by atoms with Crippen LogP contribution in [0.15, 0.2) is 36.4 Å². The average Bonchev–Trinajstić information content (AvgIpc) is 2.66. The fourth-order valence-electron chi connectivity index (χ4n) is 2.61. The van der Waals surface area contributed by atoms with Crippen molar-refractivity contribution in [2.45, 2.75) is 12.6 Å². The van der Waals surface area contributed by atoms with Crippen molar-refractivity contribution in [1.82, 2.24) is 5.32 Å². The molecule has 6 nitrogen and oxygen atoms in total. The molecule has 0 fully saturated rings. The quantitative estimate of drug-likeness (QED) is 0.737. The van der Waals surface area contributed by atoms with E-state index in [2.05, 4.69) is 10.6 Å². The molecule has 2 N–H and O–H groups in total. The van der Waals surface area contributed by atoms with Gasteiger partial charge in [0.15, 0.2) is 11.5 Å². The van der Waals surface area contributed by atoms with Gasteiger partial charge in [-0.2, -0.15) is 13.2 Å². The summed E-state index contributed by atoms with van der Waals surface area (Å²) >= 11 is 0. The summed E-state index contributed by atoms with van der Waals surface area (Å²) in [6.45, 7) is 0.193. The predicted molar refractivity (Wildman–Crippen MR) is 98.3 cm³/mol. The van der Waals surface area contributed by atoms with Crippen molar-refractivity contribution >= 4 is 11.7 Å². The van der Waals surface area contributed by atoms with E-state index in [9.17, 15) is 18.0 Å². The highest BCUT2D eigenvalue weighted by molar-refractivity contribution is 5.90. The lowest BCUT2D eigenvalue weighted by atomic mass is 10.1. The molecule has 2 aromatic rings. The molecule has 0 heterocycles. The summed E-state index contributed by atoms with van der Waals surface area (Å²) in [5.41, 5.74) is -0.416. The molecule has 0 spiro atoms. The predicted octanol–water partition coefficient (Wildman–Crippen LogP) is 4.10. The van der Waals surface area contributed by atoms with Crippen molar-refractivity contribution in [2.24, 2.45) is 0 Å². The molecular weight excluding hydrogens is 377 g/mol. The molecule has 2 rings (SSSR count). The van der Waals surface area contributed by atoms with E-state index in [-0.39, 0.29) is 12.2 Å². The number of methoxy groups -OCH3 is 3. The number of carbonyl (C=O) groups is 1. The Morgan fingerprint density at radius 3 is 2.14 bits per heavy atom. The van der Waals surface area contributed by atoms with Crippen LogP contribution in [0.1, 0.15) is 11.1 Å². The van der Waals surface area contributed by atoms with Gasteiger partial charge in [-0.1, -0.05) is 12.1 Å². The van der Waals surface area contributed by atoms with Crippen LogP contribution in [0.5, 0.6) is 17.2 Å². The summed E-state index contributed by atoms with van der Waals surface area (Å²) < 4.78 is 54.7. The van der Waals surface area contributed by atoms with E-state index < -0.39 is 17.8 Å². The third-order valence-corrected chi connectivity index (χ3v) is 3.90. The number of hydrogen-bond acceptors (Lipinski definition) is 4. The topological polar surface area (TPSA) is 68.8 Å². The van der Waals surface area contributed by atoms with E-state index >= 15 is 0 Å². The molecule has 2 aromatic carbocycles. The molecule has 0 aliphatic rings. The van der Waals surface area contributed by atoms with Crippen LogP contribution >= 0.6 is 0 Å². The van der Waals surface area contributed by atoms with Crippen LogP contribution in [-0.2, 0) is 12.6 Å². The van der Waals surface area contributed by atoms with Gasteiger partial charge < -0.3 is 24.8 Å². The molecule has 9 heteroatoms. The number of carbonyl (C=O) groups excluding carboxylic acids is 1. The van der Waals surface area contributed by atoms with E-state index in [1.807, 2.05) is 0 Å². The van der Waals surface area contributed by atoms with Crippen molar-refractivity contribution in [2.75, 3.05) is 33.2 Å². The summed E-state index contributed by atoms with van der Waals surface area (Å²) in [5, 5.41) is 4.76. The average molecular weight is 398 g/mol. The first-order valence-electron chi connectivity index (χ1n) is 8.30. The fraction of sp³-hybridized carbons (Fsp3) is 0.316. The third kappa shape index (κ3) is 5.21. The zero-order valence-corrected chi connectivity index (χ0v) is 15.6. The van der Waals surface area contributed by atoms with Crippen molar-refractivity contribution < 1.29 is 32.2 Å². The minimum absolute atomic E-state index is 0.193. The van der Waals surface area contributed by atoms with Crippen LogP contribution < -0.4 is 24.8 Å². The van der Waals surface area contributed by atoms with Crippen LogP contribution in [0.25, 0.3) is 0 Å². The van der Waals surface area contributed by atoms with Crippen molar-refractivity contribution in [3.63, 3.8) is 0 Å². The summed E-state index contributed by atoms with van der Waals surface area (Å²) in [5.74, 6) is 1.39. The van der Waals surface area contributed by atoms with Crippen molar-refractivity contribution in [3.05, 3.63) is 47.5 Å². The Hall–Kier alpha value is -3.10. The first kappa shape index (κ1) is 21.2. The normalized spacial score (nSPS) is 10.9. The Kier molecular flexibility index (Phi) is 6.97. The summed E-state index contributed by atoms with van der Waals surface area (Å²) in [6, 6.07) is 7.52. The maximum Gasteiger partial charge on any atom is 0.418 e. The van der Waals surface area contributed by atoms with Crippen LogP contribution in [0.4, 0.5) is 23.7 Å². The summed E-state index contributed by atoms with van der Waals surface area (Å²) in [6.07, 6.45) is -4.15. The van der Waals surface area contributed by atoms with Gasteiger partial charge in [-0.05, 0) is 36.2 Å². The molecule has 2 amide bonds. The molecular formula is C19H21F3N2O4. The Balaban J connectivity index is 2.00. The highest BCUT2D eigenvalue weighted by Crippen LogP contribution is 2.38. The lowest BCUT2D eigenvalue weighted by molar-refractivity contribution is -0.136. The third-order valence-electron chi connectivity index (χ3n) is 3.90. The zero-order chi connectivity index (χ0) is 20.7. The number of anilines is 1. The number of nitrogens with one attached hydrogen (secondary N) is 2. The Morgan fingerprint density at radius 2 is 1.61 bits per heavy atom. The molecule has 0 atom stereocenters. The van der Waals surface area contributed by atoms with Crippen LogP contribution in [0.2, 0.25) is 0 Å². The highest BCUT2D eigenvalue weighted by Gasteiger charge is 2.33. The van der Waals surface area contributed by atoms with E-state index in [0.717, 1.165) is 11.6 Å². The van der Waals surface area contributed by atoms with E-state index in [1.165, 1.54) is 39.5 Å². The second kappa shape index (κ2) is 9.20. The van der Waals surface area contributed by atoms with E-state index in [0.29, 0.717) is 23.7 Å². The molecule has 0 saturated heterocycles. The minimum Gasteiger partial charge on any atom is -0.493 e. The molecule has 0 radical (unpaired) electrons. The molecule has 0 unspecified atom stereocenters. The van der Waals surface area contributed by atoms with E-state index in [4.69, 9.17) is 14.2 Å². The fourth-order valence-corrected chi connectivity index (χ4v) is 2.61. The van der Waals surface area contributed by atoms with Gasteiger partial charge in [-0.15, -0.1) is 0 Å². The maximum absolute atomic E-state index is 13.0. The number of benzene rings is 2. The lowest BCUT2D eigenvalue weighted by Crippen LogP contribution is -2.31. The van der Waals surface area contributed by atoms with Crippen LogP contribution in [-0.4, -0.2) is 33.9 Å². The number of alkyl halides is 3. The number of ether oxygens (including phenoxy) is 3. The van der Waals surface area contributed by atoms with Gasteiger partial charge in [-0.25, -0.2) is 4.79 Å². The number of halogens is 3. The molecule has 0 aliphatic carbocycles.